The molecule has 0 unspecified atom stereocenters. The first-order valence-corrected chi connectivity index (χ1v) is 8.90. The number of amides is 2. The number of alkyl carbamates (subject to hydrolysis) is 1. The molecule has 0 aromatic rings. The number of aliphatic hydroxyl groups excluding tert-OH is 1. The Morgan fingerprint density at radius 1 is 1.33 bits per heavy atom. The Balaban J connectivity index is 1.74. The Hall–Kier alpha value is -1.34. The summed E-state index contributed by atoms with van der Waals surface area (Å²) in [5.41, 5.74) is -0.503. The van der Waals surface area contributed by atoms with E-state index in [0.717, 1.165) is 32.4 Å². The normalized spacial score (nSPS) is 24.1. The Morgan fingerprint density at radius 2 is 2.08 bits per heavy atom. The lowest BCUT2D eigenvalue weighted by Crippen LogP contribution is -2.51. The second-order valence-electron chi connectivity index (χ2n) is 7.84. The van der Waals surface area contributed by atoms with Crippen LogP contribution in [0.2, 0.25) is 0 Å². The maximum atomic E-state index is 11.9. The average Bonchev–Trinajstić information content (AvgIpc) is 2.82. The monoisotopic (exact) mass is 341 g/mol. The molecule has 2 N–H and O–H groups in total. The van der Waals surface area contributed by atoms with E-state index in [4.69, 9.17) is 4.74 Å². The van der Waals surface area contributed by atoms with Crippen LogP contribution >= 0.6 is 0 Å². The van der Waals surface area contributed by atoms with Gasteiger partial charge in [-0.1, -0.05) is 0 Å². The first-order chi connectivity index (χ1) is 11.2. The second-order valence-corrected chi connectivity index (χ2v) is 7.84. The van der Waals surface area contributed by atoms with E-state index in [0.29, 0.717) is 26.1 Å². The van der Waals surface area contributed by atoms with E-state index in [1.54, 1.807) is 4.90 Å². The molecule has 24 heavy (non-hydrogen) atoms. The van der Waals surface area contributed by atoms with Gasteiger partial charge < -0.3 is 20.1 Å². The molecule has 0 saturated carbocycles. The van der Waals surface area contributed by atoms with Crippen LogP contribution < -0.4 is 5.32 Å². The third kappa shape index (κ3) is 6.28. The van der Waals surface area contributed by atoms with E-state index >= 15 is 0 Å². The molecule has 2 saturated heterocycles. The minimum atomic E-state index is -0.549. The summed E-state index contributed by atoms with van der Waals surface area (Å²) < 4.78 is 5.30. The van der Waals surface area contributed by atoms with Gasteiger partial charge in [0.25, 0.3) is 0 Å². The molecule has 0 spiro atoms. The van der Waals surface area contributed by atoms with Crippen LogP contribution in [0.25, 0.3) is 0 Å². The highest BCUT2D eigenvalue weighted by atomic mass is 16.6. The number of ether oxygens (including phenoxy) is 1. The molecule has 2 amide bonds. The number of rotatable bonds is 5. The van der Waals surface area contributed by atoms with Gasteiger partial charge in [-0.15, -0.1) is 0 Å². The van der Waals surface area contributed by atoms with Crippen LogP contribution in [0.5, 0.6) is 0 Å². The van der Waals surface area contributed by atoms with Crippen molar-refractivity contribution < 1.29 is 19.4 Å². The number of carbonyl (C=O) groups excluding carboxylic acids is 2. The van der Waals surface area contributed by atoms with E-state index < -0.39 is 17.8 Å². The van der Waals surface area contributed by atoms with Crippen LogP contribution in [0.3, 0.4) is 0 Å². The molecule has 2 atom stereocenters. The zero-order chi connectivity index (χ0) is 17.7. The molecule has 0 aliphatic carbocycles. The number of piperidine rings is 1. The van der Waals surface area contributed by atoms with Gasteiger partial charge in [-0.25, -0.2) is 4.79 Å². The van der Waals surface area contributed by atoms with Crippen molar-refractivity contribution >= 4 is 12.0 Å². The lowest BCUT2D eigenvalue weighted by atomic mass is 10.1. The molecular formula is C17H31N3O4. The number of nitrogens with one attached hydrogen (secondary N) is 1. The number of β-amino-alcohol motifs (C(OH)–C–C–N with tert-alkyl or cyclic N) is 1. The molecule has 0 radical (unpaired) electrons. The molecule has 0 aromatic heterocycles. The summed E-state index contributed by atoms with van der Waals surface area (Å²) in [6, 6.07) is 0.0363. The molecule has 2 fully saturated rings. The second kappa shape index (κ2) is 8.16. The van der Waals surface area contributed by atoms with Crippen LogP contribution in [-0.4, -0.2) is 77.4 Å². The van der Waals surface area contributed by atoms with E-state index in [-0.39, 0.29) is 11.9 Å². The van der Waals surface area contributed by atoms with Gasteiger partial charge in [0.1, 0.15) is 5.60 Å². The molecule has 0 aromatic carbocycles. The van der Waals surface area contributed by atoms with Crippen molar-refractivity contribution in [1.29, 1.82) is 0 Å². The maximum absolute atomic E-state index is 11.9. The first-order valence-electron chi connectivity index (χ1n) is 8.90. The number of hydrogen-bond acceptors (Lipinski definition) is 5. The molecule has 2 heterocycles. The Kier molecular flexibility index (Phi) is 6.46. The highest BCUT2D eigenvalue weighted by Gasteiger charge is 2.27. The third-order valence-corrected chi connectivity index (χ3v) is 4.30. The fraction of sp³-hybridized carbons (Fsp3) is 0.882. The van der Waals surface area contributed by atoms with Gasteiger partial charge in [0, 0.05) is 38.6 Å². The summed E-state index contributed by atoms with van der Waals surface area (Å²) in [6.07, 6.45) is 2.42. The summed E-state index contributed by atoms with van der Waals surface area (Å²) in [5, 5.41) is 13.2. The molecule has 0 bridgehead atoms. The minimum Gasteiger partial charge on any atom is -0.444 e. The average molecular weight is 341 g/mol. The van der Waals surface area contributed by atoms with Crippen molar-refractivity contribution in [1.82, 2.24) is 15.1 Å². The van der Waals surface area contributed by atoms with Crippen molar-refractivity contribution in [3.63, 3.8) is 0 Å². The van der Waals surface area contributed by atoms with Gasteiger partial charge in [0.15, 0.2) is 0 Å². The molecule has 138 valence electrons. The highest BCUT2D eigenvalue weighted by molar-refractivity contribution is 5.78. The van der Waals surface area contributed by atoms with Gasteiger partial charge in [0.2, 0.25) is 5.91 Å². The SMILES string of the molecule is CC(C)(C)OC(=O)N[C@H]1CCCN(C[C@H](O)CN2CCCC2=O)C1. The quantitative estimate of drug-likeness (QED) is 0.778. The summed E-state index contributed by atoms with van der Waals surface area (Å²) in [5.74, 6) is 0.136. The van der Waals surface area contributed by atoms with Crippen LogP contribution in [0, 0.1) is 0 Å². The highest BCUT2D eigenvalue weighted by Crippen LogP contribution is 2.14. The van der Waals surface area contributed by atoms with Crippen molar-refractivity contribution in [2.24, 2.45) is 0 Å². The number of nitrogens with zero attached hydrogens (tertiary/aromatic N) is 2. The largest absolute Gasteiger partial charge is 0.444 e. The van der Waals surface area contributed by atoms with Crippen LogP contribution in [0.4, 0.5) is 4.79 Å². The Labute approximate surface area is 144 Å². The molecule has 2 aliphatic rings. The van der Waals surface area contributed by atoms with E-state index in [1.165, 1.54) is 0 Å². The molecule has 7 nitrogen and oxygen atoms in total. The molecule has 7 heteroatoms. The first kappa shape index (κ1) is 19.0. The lowest BCUT2D eigenvalue weighted by molar-refractivity contribution is -0.129. The fourth-order valence-electron chi connectivity index (χ4n) is 3.32. The standard InChI is InChI=1S/C17H31N3O4/c1-17(2,3)24-16(23)18-13-6-4-8-19(10-13)11-14(21)12-20-9-5-7-15(20)22/h13-14,21H,4-12H2,1-3H3,(H,18,23)/t13-,14-/m0/s1. The fourth-order valence-corrected chi connectivity index (χ4v) is 3.32. The molecule has 2 aliphatic heterocycles. The van der Waals surface area contributed by atoms with Crippen molar-refractivity contribution in [2.45, 2.75) is 64.2 Å². The number of likely N-dealkylation sites (tertiary alicyclic amines) is 2. The van der Waals surface area contributed by atoms with Gasteiger partial charge in [-0.05, 0) is 46.6 Å². The van der Waals surface area contributed by atoms with Crippen LogP contribution in [-0.2, 0) is 9.53 Å². The van der Waals surface area contributed by atoms with E-state index in [1.807, 2.05) is 20.8 Å². The van der Waals surface area contributed by atoms with Crippen molar-refractivity contribution in [3.05, 3.63) is 0 Å². The Bertz CT molecular complexity index is 450. The minimum absolute atomic E-state index is 0.0363. The topological polar surface area (TPSA) is 82.1 Å². The van der Waals surface area contributed by atoms with Crippen LogP contribution in [0.15, 0.2) is 0 Å². The Morgan fingerprint density at radius 3 is 2.71 bits per heavy atom. The maximum Gasteiger partial charge on any atom is 0.407 e. The molecule has 2 rings (SSSR count). The van der Waals surface area contributed by atoms with Crippen molar-refractivity contribution in [2.75, 3.05) is 32.7 Å². The van der Waals surface area contributed by atoms with Crippen LogP contribution in [0.1, 0.15) is 46.5 Å². The predicted molar refractivity (Wildman–Crippen MR) is 90.7 cm³/mol. The zero-order valence-corrected chi connectivity index (χ0v) is 15.1. The summed E-state index contributed by atoms with van der Waals surface area (Å²) >= 11 is 0. The number of carbonyl (C=O) groups is 2. The lowest BCUT2D eigenvalue weighted by Gasteiger charge is -2.35. The summed E-state index contributed by atoms with van der Waals surface area (Å²) in [7, 11) is 0. The van der Waals surface area contributed by atoms with Gasteiger partial charge in [-0.2, -0.15) is 0 Å². The van der Waals surface area contributed by atoms with Gasteiger partial charge >= 0.3 is 6.09 Å². The van der Waals surface area contributed by atoms with Gasteiger partial charge in [0.05, 0.1) is 6.10 Å². The van der Waals surface area contributed by atoms with E-state index in [2.05, 4.69) is 10.2 Å². The smallest absolute Gasteiger partial charge is 0.407 e. The van der Waals surface area contributed by atoms with Crippen molar-refractivity contribution in [3.8, 4) is 0 Å². The van der Waals surface area contributed by atoms with Gasteiger partial charge in [-0.3, -0.25) is 9.69 Å². The summed E-state index contributed by atoms with van der Waals surface area (Å²) in [4.78, 5) is 27.4. The third-order valence-electron chi connectivity index (χ3n) is 4.30. The predicted octanol–water partition coefficient (Wildman–Crippen LogP) is 0.959. The summed E-state index contributed by atoms with van der Waals surface area (Å²) in [6.45, 7) is 8.80. The zero-order valence-electron chi connectivity index (χ0n) is 15.1. The van der Waals surface area contributed by atoms with E-state index in [9.17, 15) is 14.7 Å². The number of aliphatic hydroxyl groups is 1. The molecular weight excluding hydrogens is 310 g/mol. The number of hydrogen-bond donors (Lipinski definition) is 2.